The summed E-state index contributed by atoms with van der Waals surface area (Å²) in [7, 11) is 0. The number of aromatic nitrogens is 1. The summed E-state index contributed by atoms with van der Waals surface area (Å²) >= 11 is 0. The van der Waals surface area contributed by atoms with E-state index in [4.69, 9.17) is 0 Å². The van der Waals surface area contributed by atoms with Crippen molar-refractivity contribution in [2.45, 2.75) is 31.2 Å². The summed E-state index contributed by atoms with van der Waals surface area (Å²) < 4.78 is 77.5. The molecule has 3 rings (SSSR count). The predicted octanol–water partition coefficient (Wildman–Crippen LogP) is 4.74. The molecule has 2 aromatic rings. The summed E-state index contributed by atoms with van der Waals surface area (Å²) in [6, 6.07) is 2.25. The van der Waals surface area contributed by atoms with Crippen LogP contribution < -0.4 is 0 Å². The van der Waals surface area contributed by atoms with Crippen LogP contribution in [0.3, 0.4) is 0 Å². The van der Waals surface area contributed by atoms with E-state index in [2.05, 4.69) is 0 Å². The standard InChI is InChI=1S/C14H9F6NO/c15-13(16,17)7-1-4-9-10(12(22)14(18,19)20)6-21(8-2-3-8)11(9)5-7/h1,4-6,8H,2-3H2. The van der Waals surface area contributed by atoms with Gasteiger partial charge in [-0.05, 0) is 25.0 Å². The average Bonchev–Trinajstić information content (AvgIpc) is 3.16. The lowest BCUT2D eigenvalue weighted by molar-refractivity contribution is -0.137. The summed E-state index contributed by atoms with van der Waals surface area (Å²) in [4.78, 5) is 11.5. The minimum Gasteiger partial charge on any atom is -0.344 e. The molecule has 1 aromatic heterocycles. The van der Waals surface area contributed by atoms with Gasteiger partial charge in [0.15, 0.2) is 0 Å². The molecule has 0 unspecified atom stereocenters. The first-order valence-corrected chi connectivity index (χ1v) is 6.42. The smallest absolute Gasteiger partial charge is 0.344 e. The maximum absolute atomic E-state index is 12.8. The minimum absolute atomic E-state index is 0.00456. The molecule has 1 aliphatic rings. The molecule has 1 fully saturated rings. The molecule has 118 valence electrons. The molecule has 0 atom stereocenters. The van der Waals surface area contributed by atoms with Gasteiger partial charge in [-0.25, -0.2) is 0 Å². The molecule has 0 bridgehead atoms. The van der Waals surface area contributed by atoms with Crippen molar-refractivity contribution in [3.63, 3.8) is 0 Å². The molecule has 0 spiro atoms. The minimum atomic E-state index is -5.06. The SMILES string of the molecule is O=C(c1cn(C2CC2)c2cc(C(F)(F)F)ccc12)C(F)(F)F. The lowest BCUT2D eigenvalue weighted by atomic mass is 10.1. The van der Waals surface area contributed by atoms with E-state index in [9.17, 15) is 31.1 Å². The quantitative estimate of drug-likeness (QED) is 0.578. The summed E-state index contributed by atoms with van der Waals surface area (Å²) in [6.07, 6.45) is -7.32. The van der Waals surface area contributed by atoms with Gasteiger partial charge in [-0.15, -0.1) is 0 Å². The molecule has 1 heterocycles. The molecule has 22 heavy (non-hydrogen) atoms. The Morgan fingerprint density at radius 2 is 1.73 bits per heavy atom. The van der Waals surface area contributed by atoms with Crippen LogP contribution in [0.4, 0.5) is 26.3 Å². The second kappa shape index (κ2) is 4.50. The van der Waals surface area contributed by atoms with Gasteiger partial charge in [0.1, 0.15) is 0 Å². The molecule has 0 radical (unpaired) electrons. The highest BCUT2D eigenvalue weighted by atomic mass is 19.4. The van der Waals surface area contributed by atoms with Gasteiger partial charge >= 0.3 is 12.4 Å². The number of halogens is 6. The Morgan fingerprint density at radius 1 is 1.09 bits per heavy atom. The maximum Gasteiger partial charge on any atom is 0.454 e. The zero-order valence-electron chi connectivity index (χ0n) is 10.9. The first-order valence-electron chi connectivity index (χ1n) is 6.42. The van der Waals surface area contributed by atoms with E-state index in [-0.39, 0.29) is 16.9 Å². The fourth-order valence-corrected chi connectivity index (χ4v) is 2.42. The van der Waals surface area contributed by atoms with E-state index >= 15 is 0 Å². The van der Waals surface area contributed by atoms with E-state index in [1.54, 1.807) is 0 Å². The number of nitrogens with zero attached hydrogens (tertiary/aromatic N) is 1. The molecular formula is C14H9F6NO. The van der Waals surface area contributed by atoms with Crippen LogP contribution in [0.25, 0.3) is 10.9 Å². The maximum atomic E-state index is 12.8. The topological polar surface area (TPSA) is 22.0 Å². The van der Waals surface area contributed by atoms with Crippen molar-refractivity contribution in [1.29, 1.82) is 0 Å². The predicted molar refractivity (Wildman–Crippen MR) is 65.6 cm³/mol. The van der Waals surface area contributed by atoms with Gasteiger partial charge in [0.25, 0.3) is 5.78 Å². The van der Waals surface area contributed by atoms with Crippen molar-refractivity contribution >= 4 is 16.7 Å². The monoisotopic (exact) mass is 321 g/mol. The molecule has 0 saturated heterocycles. The fraction of sp³-hybridized carbons (Fsp3) is 0.357. The van der Waals surface area contributed by atoms with Gasteiger partial charge in [-0.2, -0.15) is 26.3 Å². The van der Waals surface area contributed by atoms with Crippen LogP contribution in [-0.4, -0.2) is 16.5 Å². The number of ketones is 1. The van der Waals surface area contributed by atoms with Crippen LogP contribution in [0.15, 0.2) is 24.4 Å². The van der Waals surface area contributed by atoms with E-state index in [0.29, 0.717) is 18.9 Å². The van der Waals surface area contributed by atoms with Crippen molar-refractivity contribution < 1.29 is 31.1 Å². The Hall–Kier alpha value is -1.99. The largest absolute Gasteiger partial charge is 0.454 e. The van der Waals surface area contributed by atoms with Crippen molar-refractivity contribution in [2.75, 3.05) is 0 Å². The highest BCUT2D eigenvalue weighted by molar-refractivity contribution is 6.10. The summed E-state index contributed by atoms with van der Waals surface area (Å²) in [5, 5.41) is -0.109. The Morgan fingerprint density at radius 3 is 2.23 bits per heavy atom. The Labute approximate surface area is 120 Å². The zero-order valence-corrected chi connectivity index (χ0v) is 10.9. The van der Waals surface area contributed by atoms with Gasteiger partial charge in [0.05, 0.1) is 11.1 Å². The molecule has 0 amide bonds. The number of hydrogen-bond acceptors (Lipinski definition) is 1. The number of Topliss-reactive ketones (excluding diaryl/α,β-unsaturated/α-hetero) is 1. The van der Waals surface area contributed by atoms with Crippen molar-refractivity contribution in [3.05, 3.63) is 35.5 Å². The molecule has 1 aliphatic carbocycles. The fourth-order valence-electron chi connectivity index (χ4n) is 2.42. The van der Waals surface area contributed by atoms with Crippen molar-refractivity contribution in [2.24, 2.45) is 0 Å². The molecular weight excluding hydrogens is 312 g/mol. The van der Waals surface area contributed by atoms with Crippen LogP contribution in [0.1, 0.15) is 34.8 Å². The number of fused-ring (bicyclic) bond motifs is 1. The number of rotatable bonds is 2. The third-order valence-electron chi connectivity index (χ3n) is 3.60. The normalized spacial score (nSPS) is 16.3. The van der Waals surface area contributed by atoms with Crippen LogP contribution in [0, 0.1) is 0 Å². The molecule has 1 saturated carbocycles. The second-order valence-corrected chi connectivity index (χ2v) is 5.24. The third kappa shape index (κ3) is 2.46. The van der Waals surface area contributed by atoms with E-state index in [1.807, 2.05) is 0 Å². The highest BCUT2D eigenvalue weighted by Crippen LogP contribution is 2.41. The summed E-state index contributed by atoms with van der Waals surface area (Å²) in [5.41, 5.74) is -1.56. The first kappa shape index (κ1) is 14.9. The Bertz CT molecular complexity index is 751. The zero-order chi connectivity index (χ0) is 16.3. The van der Waals surface area contributed by atoms with Crippen molar-refractivity contribution in [1.82, 2.24) is 4.57 Å². The number of carbonyl (C=O) groups is 1. The Balaban J connectivity index is 2.22. The summed E-state index contributed by atoms with van der Waals surface area (Å²) in [5.74, 6) is -2.04. The average molecular weight is 321 g/mol. The third-order valence-corrected chi connectivity index (χ3v) is 3.60. The van der Waals surface area contributed by atoms with Gasteiger partial charge in [0, 0.05) is 23.1 Å². The molecule has 1 aromatic carbocycles. The second-order valence-electron chi connectivity index (χ2n) is 5.24. The van der Waals surface area contributed by atoms with Gasteiger partial charge in [0.2, 0.25) is 0 Å². The van der Waals surface area contributed by atoms with Crippen LogP contribution >= 0.6 is 0 Å². The summed E-state index contributed by atoms with van der Waals surface area (Å²) in [6.45, 7) is 0. The molecule has 8 heteroatoms. The van der Waals surface area contributed by atoms with E-state index in [1.165, 1.54) is 4.57 Å². The van der Waals surface area contributed by atoms with Gasteiger partial charge in [-0.3, -0.25) is 4.79 Å². The van der Waals surface area contributed by atoms with Crippen LogP contribution in [0.2, 0.25) is 0 Å². The lowest BCUT2D eigenvalue weighted by Gasteiger charge is -2.08. The number of alkyl halides is 6. The number of benzene rings is 1. The highest BCUT2D eigenvalue weighted by Gasteiger charge is 2.42. The Kier molecular flexibility index (Phi) is 3.05. The van der Waals surface area contributed by atoms with Crippen LogP contribution in [0.5, 0.6) is 0 Å². The molecule has 2 nitrogen and oxygen atoms in total. The number of hydrogen-bond donors (Lipinski definition) is 0. The number of carbonyl (C=O) groups excluding carboxylic acids is 1. The first-order chi connectivity index (χ1) is 10.1. The van der Waals surface area contributed by atoms with Gasteiger partial charge < -0.3 is 4.57 Å². The van der Waals surface area contributed by atoms with Crippen molar-refractivity contribution in [3.8, 4) is 0 Å². The molecule has 0 N–H and O–H groups in total. The molecule has 0 aliphatic heterocycles. The van der Waals surface area contributed by atoms with E-state index in [0.717, 1.165) is 18.3 Å². The van der Waals surface area contributed by atoms with Crippen LogP contribution in [-0.2, 0) is 6.18 Å². The van der Waals surface area contributed by atoms with E-state index < -0.39 is 29.3 Å². The van der Waals surface area contributed by atoms with Gasteiger partial charge in [-0.1, -0.05) is 6.07 Å². The lowest BCUT2D eigenvalue weighted by Crippen LogP contribution is -2.22.